The monoisotopic (exact) mass is 290 g/mol. The average Bonchev–Trinajstić information content (AvgIpc) is 2.86. The molecule has 3 heterocycles. The van der Waals surface area contributed by atoms with Gasteiger partial charge in [-0.25, -0.2) is 4.98 Å². The molecule has 2 saturated heterocycles. The lowest BCUT2D eigenvalue weighted by Gasteiger charge is -2.37. The van der Waals surface area contributed by atoms with Gasteiger partial charge in [-0.1, -0.05) is 0 Å². The number of aliphatic hydroxyl groups is 1. The molecule has 21 heavy (non-hydrogen) atoms. The van der Waals surface area contributed by atoms with Gasteiger partial charge in [-0.3, -0.25) is 9.78 Å². The minimum atomic E-state index is -0.0728. The predicted molar refractivity (Wildman–Crippen MR) is 77.8 cm³/mol. The number of hydrogen-bond acceptors (Lipinski definition) is 5. The van der Waals surface area contributed by atoms with Gasteiger partial charge in [0.1, 0.15) is 5.69 Å². The molecule has 1 aromatic heterocycles. The second-order valence-corrected chi connectivity index (χ2v) is 6.22. The Balaban J connectivity index is 1.77. The molecule has 2 fully saturated rings. The van der Waals surface area contributed by atoms with E-state index in [1.807, 2.05) is 11.8 Å². The standard InChI is InChI=1S/C15H22N4O2/c1-11-6-18-13(7-17-11)14(21)19-8-12(9-20)15(10-19)2-4-16-5-3-15/h6-7,12,16,20H,2-5,8-10H2,1H3. The van der Waals surface area contributed by atoms with E-state index in [2.05, 4.69) is 15.3 Å². The first-order valence-electron chi connectivity index (χ1n) is 7.54. The molecule has 6 heteroatoms. The summed E-state index contributed by atoms with van der Waals surface area (Å²) >= 11 is 0. The van der Waals surface area contributed by atoms with Crippen molar-refractivity contribution in [2.45, 2.75) is 19.8 Å². The molecule has 0 aromatic carbocycles. The molecule has 1 spiro atoms. The summed E-state index contributed by atoms with van der Waals surface area (Å²) in [5.74, 6) is 0.0957. The molecule has 6 nitrogen and oxygen atoms in total. The maximum atomic E-state index is 12.6. The van der Waals surface area contributed by atoms with Crippen molar-refractivity contribution in [3.05, 3.63) is 23.8 Å². The second kappa shape index (κ2) is 5.69. The van der Waals surface area contributed by atoms with Gasteiger partial charge in [0, 0.05) is 31.8 Å². The number of piperidine rings is 1. The van der Waals surface area contributed by atoms with Crippen molar-refractivity contribution in [2.75, 3.05) is 32.8 Å². The molecule has 2 N–H and O–H groups in total. The number of amides is 1. The first-order valence-corrected chi connectivity index (χ1v) is 7.54. The van der Waals surface area contributed by atoms with E-state index in [1.54, 1.807) is 12.4 Å². The van der Waals surface area contributed by atoms with Crippen molar-refractivity contribution in [3.8, 4) is 0 Å². The van der Waals surface area contributed by atoms with Crippen LogP contribution < -0.4 is 5.32 Å². The molecule has 2 aliphatic heterocycles. The molecule has 114 valence electrons. The maximum absolute atomic E-state index is 12.6. The van der Waals surface area contributed by atoms with E-state index in [1.165, 1.54) is 0 Å². The summed E-state index contributed by atoms with van der Waals surface area (Å²) < 4.78 is 0. The van der Waals surface area contributed by atoms with E-state index >= 15 is 0 Å². The van der Waals surface area contributed by atoms with Crippen LogP contribution >= 0.6 is 0 Å². The summed E-state index contributed by atoms with van der Waals surface area (Å²) in [6.45, 7) is 5.25. The smallest absolute Gasteiger partial charge is 0.274 e. The van der Waals surface area contributed by atoms with Crippen LogP contribution in [0.3, 0.4) is 0 Å². The molecule has 1 atom stereocenters. The quantitative estimate of drug-likeness (QED) is 0.814. The van der Waals surface area contributed by atoms with Crippen LogP contribution in [-0.2, 0) is 0 Å². The van der Waals surface area contributed by atoms with Gasteiger partial charge in [-0.05, 0) is 38.3 Å². The van der Waals surface area contributed by atoms with Gasteiger partial charge < -0.3 is 15.3 Å². The number of aliphatic hydroxyl groups excluding tert-OH is 1. The van der Waals surface area contributed by atoms with Crippen LogP contribution in [0.2, 0.25) is 0 Å². The number of carbonyl (C=O) groups is 1. The Morgan fingerprint density at radius 3 is 2.81 bits per heavy atom. The number of nitrogens with zero attached hydrogens (tertiary/aromatic N) is 3. The number of rotatable bonds is 2. The van der Waals surface area contributed by atoms with Crippen LogP contribution in [0.25, 0.3) is 0 Å². The van der Waals surface area contributed by atoms with Crippen molar-refractivity contribution in [1.29, 1.82) is 0 Å². The third kappa shape index (κ3) is 2.65. The van der Waals surface area contributed by atoms with Gasteiger partial charge in [-0.15, -0.1) is 0 Å². The number of nitrogens with one attached hydrogen (secondary N) is 1. The number of aromatic nitrogens is 2. The van der Waals surface area contributed by atoms with E-state index in [4.69, 9.17) is 0 Å². The van der Waals surface area contributed by atoms with Gasteiger partial charge in [0.25, 0.3) is 5.91 Å². The minimum Gasteiger partial charge on any atom is -0.396 e. The third-order valence-electron chi connectivity index (χ3n) is 4.92. The van der Waals surface area contributed by atoms with Crippen molar-refractivity contribution in [2.24, 2.45) is 11.3 Å². The van der Waals surface area contributed by atoms with Crippen molar-refractivity contribution >= 4 is 5.91 Å². The van der Waals surface area contributed by atoms with E-state index < -0.39 is 0 Å². The Morgan fingerprint density at radius 2 is 2.19 bits per heavy atom. The molecule has 1 aromatic rings. The Labute approximate surface area is 124 Å². The molecule has 3 rings (SSSR count). The van der Waals surface area contributed by atoms with Gasteiger partial charge in [0.2, 0.25) is 0 Å². The average molecular weight is 290 g/mol. The Kier molecular flexibility index (Phi) is 3.91. The van der Waals surface area contributed by atoms with Gasteiger partial charge in [-0.2, -0.15) is 0 Å². The fraction of sp³-hybridized carbons (Fsp3) is 0.667. The van der Waals surface area contributed by atoms with E-state index in [0.717, 1.165) is 31.6 Å². The van der Waals surface area contributed by atoms with Crippen LogP contribution in [0, 0.1) is 18.3 Å². The topological polar surface area (TPSA) is 78.4 Å². The highest BCUT2D eigenvalue weighted by Gasteiger charge is 2.48. The normalized spacial score (nSPS) is 24.5. The molecule has 2 aliphatic rings. The second-order valence-electron chi connectivity index (χ2n) is 6.22. The fourth-order valence-electron chi connectivity index (χ4n) is 3.60. The molecule has 0 radical (unpaired) electrons. The molecule has 1 amide bonds. The summed E-state index contributed by atoms with van der Waals surface area (Å²) in [7, 11) is 0. The molecular weight excluding hydrogens is 268 g/mol. The highest BCUT2D eigenvalue weighted by Crippen LogP contribution is 2.43. The maximum Gasteiger partial charge on any atom is 0.274 e. The zero-order valence-electron chi connectivity index (χ0n) is 12.4. The summed E-state index contributed by atoms with van der Waals surface area (Å²) in [4.78, 5) is 22.7. The van der Waals surface area contributed by atoms with Crippen LogP contribution in [0.4, 0.5) is 0 Å². The zero-order chi connectivity index (χ0) is 14.9. The molecule has 1 unspecified atom stereocenters. The third-order valence-corrected chi connectivity index (χ3v) is 4.92. The zero-order valence-corrected chi connectivity index (χ0v) is 12.4. The Bertz CT molecular complexity index is 511. The van der Waals surface area contributed by atoms with E-state index in [-0.39, 0.29) is 23.8 Å². The summed E-state index contributed by atoms with van der Waals surface area (Å²) in [5, 5.41) is 13.1. The number of carbonyl (C=O) groups excluding carboxylic acids is 1. The summed E-state index contributed by atoms with van der Waals surface area (Å²) in [5.41, 5.74) is 1.26. The number of likely N-dealkylation sites (tertiary alicyclic amines) is 1. The van der Waals surface area contributed by atoms with Gasteiger partial charge >= 0.3 is 0 Å². The lowest BCUT2D eigenvalue weighted by Crippen LogP contribution is -2.43. The van der Waals surface area contributed by atoms with E-state index in [0.29, 0.717) is 18.8 Å². The molecule has 0 saturated carbocycles. The molecule has 0 aliphatic carbocycles. The van der Waals surface area contributed by atoms with Crippen molar-refractivity contribution < 1.29 is 9.90 Å². The lowest BCUT2D eigenvalue weighted by atomic mass is 9.71. The number of aryl methyl sites for hydroxylation is 1. The predicted octanol–water partition coefficient (Wildman–Crippen LogP) is 0.219. The SMILES string of the molecule is Cc1cnc(C(=O)N2CC(CO)C3(CCNCC3)C2)cn1. The Morgan fingerprint density at radius 1 is 1.43 bits per heavy atom. The van der Waals surface area contributed by atoms with Crippen LogP contribution in [0.1, 0.15) is 29.0 Å². The van der Waals surface area contributed by atoms with Crippen molar-refractivity contribution in [3.63, 3.8) is 0 Å². The van der Waals surface area contributed by atoms with Gasteiger partial charge in [0.15, 0.2) is 0 Å². The molecular formula is C15H22N4O2. The Hall–Kier alpha value is -1.53. The lowest BCUT2D eigenvalue weighted by molar-refractivity contribution is 0.0750. The van der Waals surface area contributed by atoms with Crippen LogP contribution in [-0.4, -0.2) is 58.7 Å². The summed E-state index contributed by atoms with van der Waals surface area (Å²) in [6.07, 6.45) is 5.19. The number of hydrogen-bond donors (Lipinski definition) is 2. The summed E-state index contributed by atoms with van der Waals surface area (Å²) in [6, 6.07) is 0. The van der Waals surface area contributed by atoms with E-state index in [9.17, 15) is 9.90 Å². The highest BCUT2D eigenvalue weighted by atomic mass is 16.3. The molecule has 0 bridgehead atoms. The largest absolute Gasteiger partial charge is 0.396 e. The van der Waals surface area contributed by atoms with Crippen LogP contribution in [0.5, 0.6) is 0 Å². The minimum absolute atomic E-state index is 0.0633. The van der Waals surface area contributed by atoms with Crippen LogP contribution in [0.15, 0.2) is 12.4 Å². The van der Waals surface area contributed by atoms with Crippen molar-refractivity contribution in [1.82, 2.24) is 20.2 Å². The highest BCUT2D eigenvalue weighted by molar-refractivity contribution is 5.92. The fourth-order valence-corrected chi connectivity index (χ4v) is 3.60. The van der Waals surface area contributed by atoms with Gasteiger partial charge in [0.05, 0.1) is 11.9 Å². The first kappa shape index (κ1) is 14.4. The first-order chi connectivity index (χ1) is 10.1.